The molecule has 0 atom stereocenters. The maximum atomic E-state index is 12.9. The Morgan fingerprint density at radius 3 is 2.03 bits per heavy atom. The highest BCUT2D eigenvalue weighted by Gasteiger charge is 2.09. The fourth-order valence-electron chi connectivity index (χ4n) is 3.99. The molecule has 4 heteroatoms. The number of rotatable bonds is 2. The number of fused-ring (bicyclic) bond motifs is 4. The van der Waals surface area contributed by atoms with Gasteiger partial charge in [0.1, 0.15) is 11.5 Å². The molecule has 6 rings (SSSR count). The topological polar surface area (TPSA) is 26.3 Å². The zero-order chi connectivity index (χ0) is 20.9. The molecule has 0 radical (unpaired) electrons. The first-order chi connectivity index (χ1) is 15.1. The zero-order valence-electron chi connectivity index (χ0n) is 16.3. The molecule has 0 aliphatic carbocycles. The molecule has 2 nitrogen and oxygen atoms in total. The number of halogens is 1. The van der Waals surface area contributed by atoms with Gasteiger partial charge in [0, 0.05) is 24.6 Å². The molecule has 0 spiro atoms. The minimum Gasteiger partial charge on any atom is -0.457 e. The van der Waals surface area contributed by atoms with Crippen LogP contribution in [-0.4, -0.2) is 0 Å². The maximum absolute atomic E-state index is 12.9. The third-order valence-electron chi connectivity index (χ3n) is 5.52. The van der Waals surface area contributed by atoms with Gasteiger partial charge in [-0.2, -0.15) is 0 Å². The molecule has 0 saturated carbocycles. The van der Waals surface area contributed by atoms with E-state index in [1.54, 1.807) is 11.3 Å². The predicted molar refractivity (Wildman–Crippen MR) is 135 cm³/mol. The van der Waals surface area contributed by atoms with E-state index < -0.39 is 0 Å². The van der Waals surface area contributed by atoms with Gasteiger partial charge in [-0.3, -0.25) is 4.79 Å². The summed E-state index contributed by atoms with van der Waals surface area (Å²) in [6.07, 6.45) is 0. The van der Waals surface area contributed by atoms with Crippen molar-refractivity contribution in [2.24, 2.45) is 0 Å². The van der Waals surface area contributed by atoms with Crippen LogP contribution in [0.1, 0.15) is 0 Å². The van der Waals surface area contributed by atoms with Gasteiger partial charge in [-0.1, -0.05) is 46.3 Å². The lowest BCUT2D eigenvalue weighted by atomic mass is 10.0. The second-order valence-corrected chi connectivity index (χ2v) is 9.54. The Hall–Kier alpha value is -3.21. The van der Waals surface area contributed by atoms with E-state index in [9.17, 15) is 4.79 Å². The van der Waals surface area contributed by atoms with Crippen molar-refractivity contribution in [3.63, 3.8) is 0 Å². The first-order valence-electron chi connectivity index (χ1n) is 9.91. The van der Waals surface area contributed by atoms with E-state index in [1.165, 1.54) is 16.2 Å². The smallest absolute Gasteiger partial charge is 0.195 e. The van der Waals surface area contributed by atoms with E-state index in [4.69, 9.17) is 4.74 Å². The number of ether oxygens (including phenoxy) is 1. The number of hydrogen-bond acceptors (Lipinski definition) is 3. The largest absolute Gasteiger partial charge is 0.457 e. The highest BCUT2D eigenvalue weighted by Crippen LogP contribution is 2.33. The summed E-state index contributed by atoms with van der Waals surface area (Å²) in [4.78, 5) is 12.9. The Bertz CT molecular complexity index is 1700. The molecule has 0 fully saturated rings. The van der Waals surface area contributed by atoms with Crippen LogP contribution in [-0.2, 0) is 0 Å². The summed E-state index contributed by atoms with van der Waals surface area (Å²) in [7, 11) is 0. The Morgan fingerprint density at radius 1 is 0.613 bits per heavy atom. The SMILES string of the molecule is O=c1c2ccc(Br)cc2sc2cc(Oc3ccc4cc5ccccc5cc4c3)ccc12. The lowest BCUT2D eigenvalue weighted by Crippen LogP contribution is -2.00. The molecular formula is C27H15BrO2S. The van der Waals surface area contributed by atoms with Crippen LogP contribution in [0.4, 0.5) is 0 Å². The molecule has 0 aliphatic heterocycles. The minimum absolute atomic E-state index is 0.0559. The highest BCUT2D eigenvalue weighted by atomic mass is 79.9. The second kappa shape index (κ2) is 7.19. The summed E-state index contributed by atoms with van der Waals surface area (Å²) in [5.41, 5.74) is 0.0559. The summed E-state index contributed by atoms with van der Waals surface area (Å²) >= 11 is 5.09. The van der Waals surface area contributed by atoms with Crippen LogP contribution in [0, 0.1) is 0 Å². The zero-order valence-corrected chi connectivity index (χ0v) is 18.7. The van der Waals surface area contributed by atoms with Crippen molar-refractivity contribution in [2.45, 2.75) is 0 Å². The van der Waals surface area contributed by atoms with Crippen molar-refractivity contribution in [1.29, 1.82) is 0 Å². The normalized spacial score (nSPS) is 11.5. The Kier molecular flexibility index (Phi) is 4.30. The van der Waals surface area contributed by atoms with Crippen molar-refractivity contribution < 1.29 is 4.74 Å². The standard InChI is InChI=1S/C27H15BrO2S/c28-20-6-9-23-25(14-20)31-26-15-22(8-10-24(26)27(23)29)30-21-7-5-18-11-16-3-1-2-4-17(16)12-19(18)13-21/h1-15H. The van der Waals surface area contributed by atoms with Gasteiger partial charge in [0.15, 0.2) is 5.43 Å². The predicted octanol–water partition coefficient (Wildman–Crippen LogP) is 8.28. The van der Waals surface area contributed by atoms with E-state index in [1.807, 2.05) is 42.5 Å². The van der Waals surface area contributed by atoms with Crippen LogP contribution < -0.4 is 10.2 Å². The Balaban J connectivity index is 1.43. The van der Waals surface area contributed by atoms with Crippen molar-refractivity contribution in [3.05, 3.63) is 106 Å². The van der Waals surface area contributed by atoms with Crippen molar-refractivity contribution in [2.75, 3.05) is 0 Å². The summed E-state index contributed by atoms with van der Waals surface area (Å²) in [6, 6.07) is 30.3. The molecule has 0 N–H and O–H groups in total. The van der Waals surface area contributed by atoms with Gasteiger partial charge in [-0.25, -0.2) is 0 Å². The third-order valence-corrected chi connectivity index (χ3v) is 7.13. The van der Waals surface area contributed by atoms with E-state index in [0.29, 0.717) is 0 Å². The first kappa shape index (κ1) is 18.6. The molecule has 1 heterocycles. The summed E-state index contributed by atoms with van der Waals surface area (Å²) in [6.45, 7) is 0. The molecule has 148 valence electrons. The van der Waals surface area contributed by atoms with Gasteiger partial charge in [0.25, 0.3) is 0 Å². The van der Waals surface area contributed by atoms with E-state index in [0.717, 1.165) is 41.5 Å². The third kappa shape index (κ3) is 3.29. The van der Waals surface area contributed by atoms with E-state index in [-0.39, 0.29) is 5.43 Å². The van der Waals surface area contributed by atoms with Crippen molar-refractivity contribution >= 4 is 69.0 Å². The highest BCUT2D eigenvalue weighted by molar-refractivity contribution is 9.10. The molecular weight excluding hydrogens is 468 g/mol. The second-order valence-electron chi connectivity index (χ2n) is 7.54. The van der Waals surface area contributed by atoms with E-state index in [2.05, 4.69) is 64.5 Å². The van der Waals surface area contributed by atoms with Gasteiger partial charge in [-0.05, 0) is 82.2 Å². The van der Waals surface area contributed by atoms with Crippen LogP contribution >= 0.6 is 27.3 Å². The molecule has 0 aliphatic rings. The van der Waals surface area contributed by atoms with Gasteiger partial charge in [-0.15, -0.1) is 11.3 Å². The van der Waals surface area contributed by atoms with Gasteiger partial charge in [0.2, 0.25) is 0 Å². The maximum Gasteiger partial charge on any atom is 0.195 e. The van der Waals surface area contributed by atoms with Crippen LogP contribution in [0.5, 0.6) is 11.5 Å². The lowest BCUT2D eigenvalue weighted by Gasteiger charge is -2.09. The number of hydrogen-bond donors (Lipinski definition) is 0. The van der Waals surface area contributed by atoms with Crippen molar-refractivity contribution in [1.82, 2.24) is 0 Å². The molecule has 0 saturated heterocycles. The molecule has 0 unspecified atom stereocenters. The van der Waals surface area contributed by atoms with Crippen LogP contribution in [0.2, 0.25) is 0 Å². The minimum atomic E-state index is 0.0559. The molecule has 5 aromatic carbocycles. The summed E-state index contributed by atoms with van der Waals surface area (Å²) in [5.74, 6) is 1.50. The van der Waals surface area contributed by atoms with Crippen molar-refractivity contribution in [3.8, 4) is 11.5 Å². The average Bonchev–Trinajstić information content (AvgIpc) is 2.77. The molecule has 0 bridgehead atoms. The summed E-state index contributed by atoms with van der Waals surface area (Å²) in [5, 5.41) is 6.22. The fraction of sp³-hybridized carbons (Fsp3) is 0. The van der Waals surface area contributed by atoms with Crippen LogP contribution in [0.25, 0.3) is 41.7 Å². The van der Waals surface area contributed by atoms with Crippen LogP contribution in [0.3, 0.4) is 0 Å². The van der Waals surface area contributed by atoms with Gasteiger partial charge >= 0.3 is 0 Å². The molecule has 1 aromatic heterocycles. The number of benzene rings is 5. The monoisotopic (exact) mass is 482 g/mol. The lowest BCUT2D eigenvalue weighted by molar-refractivity contribution is 0.484. The molecule has 6 aromatic rings. The fourth-order valence-corrected chi connectivity index (χ4v) is 5.64. The Labute approximate surface area is 190 Å². The van der Waals surface area contributed by atoms with Gasteiger partial charge in [0.05, 0.1) is 0 Å². The first-order valence-corrected chi connectivity index (χ1v) is 11.5. The van der Waals surface area contributed by atoms with Gasteiger partial charge < -0.3 is 4.74 Å². The molecule has 31 heavy (non-hydrogen) atoms. The quantitative estimate of drug-likeness (QED) is 0.232. The Morgan fingerprint density at radius 2 is 1.23 bits per heavy atom. The summed E-state index contributed by atoms with van der Waals surface area (Å²) < 4.78 is 9.02. The average molecular weight is 483 g/mol. The van der Waals surface area contributed by atoms with Crippen LogP contribution in [0.15, 0.2) is 100 Å². The van der Waals surface area contributed by atoms with E-state index >= 15 is 0 Å². The molecule has 0 amide bonds.